The van der Waals surface area contributed by atoms with Gasteiger partial charge in [0.15, 0.2) is 0 Å². The first kappa shape index (κ1) is 21.4. The minimum atomic E-state index is -0.846. The summed E-state index contributed by atoms with van der Waals surface area (Å²) in [5, 5.41) is 0. The van der Waals surface area contributed by atoms with E-state index in [-0.39, 0.29) is 18.3 Å². The topological polar surface area (TPSA) is 108 Å². The van der Waals surface area contributed by atoms with E-state index in [1.54, 1.807) is 45.0 Å². The van der Waals surface area contributed by atoms with Gasteiger partial charge in [-0.05, 0) is 38.8 Å². The first-order chi connectivity index (χ1) is 13.1. The molecular formula is C20H27N4O4. The van der Waals surface area contributed by atoms with Crippen molar-refractivity contribution < 1.29 is 19.1 Å². The molecule has 1 heterocycles. The predicted molar refractivity (Wildman–Crippen MR) is 105 cm³/mol. The van der Waals surface area contributed by atoms with Gasteiger partial charge in [-0.25, -0.2) is 19.1 Å². The summed E-state index contributed by atoms with van der Waals surface area (Å²) in [6.07, 6.45) is 1.93. The number of hydrogen-bond donors (Lipinski definition) is 1. The Hall–Kier alpha value is -2.90. The van der Waals surface area contributed by atoms with Crippen LogP contribution in [0.3, 0.4) is 0 Å². The molecule has 0 aliphatic carbocycles. The van der Waals surface area contributed by atoms with Gasteiger partial charge in [0.05, 0.1) is 17.6 Å². The second-order valence-electron chi connectivity index (χ2n) is 7.75. The number of aromatic nitrogens is 2. The molecule has 1 aromatic carbocycles. The van der Waals surface area contributed by atoms with Crippen LogP contribution in [0.25, 0.3) is 11.0 Å². The fourth-order valence-electron chi connectivity index (χ4n) is 2.89. The number of para-hydroxylation sites is 2. The van der Waals surface area contributed by atoms with Gasteiger partial charge in [-0.3, -0.25) is 9.69 Å². The number of nitrogens with two attached hydrogens (primary N) is 1. The van der Waals surface area contributed by atoms with Crippen molar-refractivity contribution in [1.82, 2.24) is 14.5 Å². The van der Waals surface area contributed by atoms with Crippen molar-refractivity contribution in [3.63, 3.8) is 0 Å². The molecule has 28 heavy (non-hydrogen) atoms. The Kier molecular flexibility index (Phi) is 6.43. The summed E-state index contributed by atoms with van der Waals surface area (Å²) in [6.45, 7) is 8.88. The second-order valence-corrected chi connectivity index (χ2v) is 7.75. The van der Waals surface area contributed by atoms with Crippen LogP contribution in [0.1, 0.15) is 46.9 Å². The van der Waals surface area contributed by atoms with Crippen LogP contribution in [0, 0.1) is 5.92 Å². The van der Waals surface area contributed by atoms with Crippen LogP contribution in [0.2, 0.25) is 0 Å². The fraction of sp³-hybridized carbons (Fsp3) is 0.500. The van der Waals surface area contributed by atoms with Crippen LogP contribution in [0.4, 0.5) is 9.59 Å². The van der Waals surface area contributed by atoms with Crippen molar-refractivity contribution in [3.8, 4) is 0 Å². The highest BCUT2D eigenvalue weighted by Gasteiger charge is 2.33. The standard InChI is InChI=1S/C20H27N4O4/c1-6-13(2)16(12-25)23(19(27)28-20(3,4)5)11-17-22-14-9-7-8-10-15(14)24(17)18(21)26/h7-10,13,16H,6,11H2,1-5H3,(H2,21,26)/t13-,16+/m0/s1. The van der Waals surface area contributed by atoms with Crippen LogP contribution in [0.15, 0.2) is 24.3 Å². The number of carbonyl (C=O) groups is 2. The van der Waals surface area contributed by atoms with Crippen molar-refractivity contribution in [1.29, 1.82) is 0 Å². The van der Waals surface area contributed by atoms with Gasteiger partial charge in [0.25, 0.3) is 0 Å². The Morgan fingerprint density at radius 1 is 1.32 bits per heavy atom. The third-order valence-electron chi connectivity index (χ3n) is 4.43. The number of carbonyl (C=O) groups excluding carboxylic acids is 3. The number of ether oxygens (including phenoxy) is 1. The summed E-state index contributed by atoms with van der Waals surface area (Å²) in [5.74, 6) is 0.0968. The average Bonchev–Trinajstić information content (AvgIpc) is 2.97. The van der Waals surface area contributed by atoms with Gasteiger partial charge in [0, 0.05) is 0 Å². The van der Waals surface area contributed by atoms with E-state index in [4.69, 9.17) is 10.5 Å². The molecule has 8 heteroatoms. The third-order valence-corrected chi connectivity index (χ3v) is 4.43. The number of rotatable bonds is 6. The summed E-state index contributed by atoms with van der Waals surface area (Å²) in [7, 11) is 0. The maximum Gasteiger partial charge on any atom is 0.411 e. The van der Waals surface area contributed by atoms with E-state index in [0.717, 1.165) is 0 Å². The Balaban J connectivity index is 2.51. The lowest BCUT2D eigenvalue weighted by molar-refractivity contribution is 0.0142. The molecule has 0 aliphatic heterocycles. The van der Waals surface area contributed by atoms with Crippen molar-refractivity contribution in [2.45, 2.75) is 59.2 Å². The van der Waals surface area contributed by atoms with Crippen molar-refractivity contribution >= 4 is 29.4 Å². The number of hydrogen-bond acceptors (Lipinski definition) is 5. The summed E-state index contributed by atoms with van der Waals surface area (Å²) >= 11 is 0. The highest BCUT2D eigenvalue weighted by molar-refractivity contribution is 5.89. The Labute approximate surface area is 164 Å². The van der Waals surface area contributed by atoms with Crippen molar-refractivity contribution in [3.05, 3.63) is 30.1 Å². The molecule has 151 valence electrons. The predicted octanol–water partition coefficient (Wildman–Crippen LogP) is 3.22. The number of imidazole rings is 1. The Morgan fingerprint density at radius 3 is 2.50 bits per heavy atom. The van der Waals surface area contributed by atoms with E-state index in [1.165, 1.54) is 9.47 Å². The molecule has 8 nitrogen and oxygen atoms in total. The zero-order chi connectivity index (χ0) is 21.1. The molecule has 1 radical (unpaired) electrons. The summed E-state index contributed by atoms with van der Waals surface area (Å²) in [6, 6.07) is 5.45. The molecule has 1 aromatic heterocycles. The molecule has 0 aliphatic rings. The van der Waals surface area contributed by atoms with Gasteiger partial charge in [-0.15, -0.1) is 0 Å². The fourth-order valence-corrected chi connectivity index (χ4v) is 2.89. The molecule has 2 amide bonds. The largest absolute Gasteiger partial charge is 0.444 e. The van der Waals surface area contributed by atoms with E-state index >= 15 is 0 Å². The molecule has 0 saturated carbocycles. The molecule has 2 N–H and O–H groups in total. The summed E-state index contributed by atoms with van der Waals surface area (Å²) in [5.41, 5.74) is 5.89. The minimum Gasteiger partial charge on any atom is -0.444 e. The normalized spacial score (nSPS) is 13.8. The van der Waals surface area contributed by atoms with Gasteiger partial charge >= 0.3 is 12.1 Å². The lowest BCUT2D eigenvalue weighted by atomic mass is 9.99. The monoisotopic (exact) mass is 387 g/mol. The molecule has 0 fully saturated rings. The van der Waals surface area contributed by atoms with Crippen LogP contribution >= 0.6 is 0 Å². The van der Waals surface area contributed by atoms with E-state index in [9.17, 15) is 14.4 Å². The summed E-state index contributed by atoms with van der Waals surface area (Å²) < 4.78 is 6.72. The van der Waals surface area contributed by atoms with E-state index in [1.807, 2.05) is 20.1 Å². The number of nitrogens with zero attached hydrogens (tertiary/aromatic N) is 3. The van der Waals surface area contributed by atoms with Crippen LogP contribution in [-0.2, 0) is 16.1 Å². The molecule has 0 unspecified atom stereocenters. The van der Waals surface area contributed by atoms with E-state index in [2.05, 4.69) is 4.98 Å². The van der Waals surface area contributed by atoms with Crippen LogP contribution in [0.5, 0.6) is 0 Å². The van der Waals surface area contributed by atoms with Crippen LogP contribution in [-0.4, -0.2) is 44.5 Å². The molecule has 2 atom stereocenters. The smallest absolute Gasteiger partial charge is 0.411 e. The molecule has 0 bridgehead atoms. The van der Waals surface area contributed by atoms with Gasteiger partial charge in [0.2, 0.25) is 6.29 Å². The lowest BCUT2D eigenvalue weighted by Crippen LogP contribution is -2.47. The molecule has 0 spiro atoms. The Morgan fingerprint density at radius 2 is 1.96 bits per heavy atom. The van der Waals surface area contributed by atoms with E-state index < -0.39 is 23.8 Å². The first-order valence-electron chi connectivity index (χ1n) is 9.22. The van der Waals surface area contributed by atoms with Gasteiger partial charge < -0.3 is 10.5 Å². The minimum absolute atomic E-state index is 0.114. The highest BCUT2D eigenvalue weighted by Crippen LogP contribution is 2.22. The number of amides is 2. The van der Waals surface area contributed by atoms with Gasteiger partial charge in [-0.2, -0.15) is 0 Å². The molecule has 0 saturated heterocycles. The second kappa shape index (κ2) is 8.41. The maximum absolute atomic E-state index is 12.9. The van der Waals surface area contributed by atoms with E-state index in [0.29, 0.717) is 17.5 Å². The summed E-state index contributed by atoms with van der Waals surface area (Å²) in [4.78, 5) is 42.3. The van der Waals surface area contributed by atoms with Crippen molar-refractivity contribution in [2.24, 2.45) is 11.7 Å². The van der Waals surface area contributed by atoms with Gasteiger partial charge in [-0.1, -0.05) is 32.4 Å². The van der Waals surface area contributed by atoms with Gasteiger partial charge in [0.1, 0.15) is 17.5 Å². The number of benzene rings is 1. The number of fused-ring (bicyclic) bond motifs is 1. The molecule has 2 aromatic rings. The first-order valence-corrected chi connectivity index (χ1v) is 9.22. The zero-order valence-corrected chi connectivity index (χ0v) is 16.9. The molecular weight excluding hydrogens is 360 g/mol. The quantitative estimate of drug-likeness (QED) is 0.819. The SMILES string of the molecule is CC[C@H](C)[C@@H]([C]=O)N(Cc1nc2ccccc2n1C(N)=O)C(=O)OC(C)(C)C. The number of primary amides is 1. The maximum atomic E-state index is 12.9. The third kappa shape index (κ3) is 4.68. The Bertz CT molecular complexity index is 869. The zero-order valence-electron chi connectivity index (χ0n) is 16.9. The molecule has 2 rings (SSSR count). The lowest BCUT2D eigenvalue weighted by Gasteiger charge is -2.32. The van der Waals surface area contributed by atoms with Crippen LogP contribution < -0.4 is 5.73 Å². The average molecular weight is 387 g/mol. The van der Waals surface area contributed by atoms with Crippen molar-refractivity contribution in [2.75, 3.05) is 0 Å². The highest BCUT2D eigenvalue weighted by atomic mass is 16.6.